The molecule has 0 aromatic heterocycles. The summed E-state index contributed by atoms with van der Waals surface area (Å²) in [6.45, 7) is 7.40. The first-order valence-electron chi connectivity index (χ1n) is 6.16. The molecule has 1 rings (SSSR count). The van der Waals surface area contributed by atoms with E-state index in [4.69, 9.17) is 0 Å². The number of likely N-dealkylation sites (N-methyl/N-ethyl adjacent to an activating group) is 1. The number of carbonyl (C=O) groups is 1. The van der Waals surface area contributed by atoms with Crippen molar-refractivity contribution in [1.82, 2.24) is 20.7 Å². The maximum atomic E-state index is 11.4. The quantitative estimate of drug-likeness (QED) is 0.610. The van der Waals surface area contributed by atoms with Gasteiger partial charge in [-0.05, 0) is 13.5 Å². The monoisotopic (exact) mass is 228 g/mol. The van der Waals surface area contributed by atoms with Gasteiger partial charge in [-0.2, -0.15) is 0 Å². The van der Waals surface area contributed by atoms with Crippen molar-refractivity contribution in [1.29, 1.82) is 0 Å². The average Bonchev–Trinajstić information content (AvgIpc) is 2.29. The number of amides is 1. The number of nitrogens with one attached hydrogen (secondary N) is 2. The lowest BCUT2D eigenvalue weighted by atomic mass is 10.3. The third-order valence-corrected chi connectivity index (χ3v) is 2.82. The molecule has 0 aromatic rings. The number of hydrogen-bond donors (Lipinski definition) is 2. The van der Waals surface area contributed by atoms with Crippen molar-refractivity contribution in [2.45, 2.75) is 19.8 Å². The highest BCUT2D eigenvalue weighted by atomic mass is 16.2. The van der Waals surface area contributed by atoms with Crippen LogP contribution in [0.2, 0.25) is 0 Å². The average molecular weight is 228 g/mol. The summed E-state index contributed by atoms with van der Waals surface area (Å²) >= 11 is 0. The van der Waals surface area contributed by atoms with Crippen molar-refractivity contribution in [2.24, 2.45) is 0 Å². The lowest BCUT2D eigenvalue weighted by Crippen LogP contribution is -2.52. The molecule has 0 saturated carbocycles. The van der Waals surface area contributed by atoms with Crippen LogP contribution in [0.25, 0.3) is 0 Å². The minimum atomic E-state index is 0.0902. The molecule has 5 heteroatoms. The summed E-state index contributed by atoms with van der Waals surface area (Å²) in [6, 6.07) is 0. The van der Waals surface area contributed by atoms with E-state index >= 15 is 0 Å². The summed E-state index contributed by atoms with van der Waals surface area (Å²) in [5.74, 6) is 0.0902. The Balaban J connectivity index is 2.03. The van der Waals surface area contributed by atoms with Crippen molar-refractivity contribution in [3.8, 4) is 0 Å². The van der Waals surface area contributed by atoms with Crippen molar-refractivity contribution in [3.05, 3.63) is 0 Å². The highest BCUT2D eigenvalue weighted by Crippen LogP contribution is 1.94. The van der Waals surface area contributed by atoms with Gasteiger partial charge < -0.3 is 10.2 Å². The molecule has 0 spiro atoms. The Morgan fingerprint density at radius 1 is 1.25 bits per heavy atom. The fourth-order valence-corrected chi connectivity index (χ4v) is 1.62. The second-order valence-corrected chi connectivity index (χ2v) is 4.33. The van der Waals surface area contributed by atoms with E-state index in [0.29, 0.717) is 6.54 Å². The summed E-state index contributed by atoms with van der Waals surface area (Å²) in [4.78, 5) is 13.7. The van der Waals surface area contributed by atoms with Crippen molar-refractivity contribution in [3.63, 3.8) is 0 Å². The highest BCUT2D eigenvalue weighted by molar-refractivity contribution is 5.77. The Hall–Kier alpha value is -0.650. The second kappa shape index (κ2) is 7.60. The van der Waals surface area contributed by atoms with Crippen LogP contribution in [0.15, 0.2) is 0 Å². The van der Waals surface area contributed by atoms with Gasteiger partial charge in [0, 0.05) is 32.7 Å². The Morgan fingerprint density at radius 3 is 2.56 bits per heavy atom. The van der Waals surface area contributed by atoms with Crippen LogP contribution in [0, 0.1) is 0 Å². The van der Waals surface area contributed by atoms with Crippen LogP contribution in [-0.2, 0) is 4.79 Å². The molecule has 5 nitrogen and oxygen atoms in total. The van der Waals surface area contributed by atoms with E-state index in [1.165, 1.54) is 0 Å². The third-order valence-electron chi connectivity index (χ3n) is 2.82. The first-order valence-corrected chi connectivity index (χ1v) is 6.16. The number of unbranched alkanes of at least 4 members (excludes halogenated alkanes) is 1. The van der Waals surface area contributed by atoms with Crippen LogP contribution >= 0.6 is 0 Å². The molecule has 0 atom stereocenters. The van der Waals surface area contributed by atoms with E-state index in [1.54, 1.807) is 0 Å². The zero-order valence-corrected chi connectivity index (χ0v) is 10.5. The number of hydrazine groups is 1. The summed E-state index contributed by atoms with van der Waals surface area (Å²) in [7, 11) is 2.12. The highest BCUT2D eigenvalue weighted by Gasteiger charge is 2.13. The van der Waals surface area contributed by atoms with Crippen molar-refractivity contribution in [2.75, 3.05) is 46.3 Å². The summed E-state index contributed by atoms with van der Waals surface area (Å²) in [6.07, 6.45) is 2.17. The zero-order valence-electron chi connectivity index (χ0n) is 10.5. The molecule has 2 N–H and O–H groups in total. The minimum Gasteiger partial charge on any atom is -0.355 e. The van der Waals surface area contributed by atoms with Crippen molar-refractivity contribution < 1.29 is 4.79 Å². The summed E-state index contributed by atoms with van der Waals surface area (Å²) in [5.41, 5.74) is 3.16. The predicted molar refractivity (Wildman–Crippen MR) is 65.0 cm³/mol. The standard InChI is InChI=1S/C11H24N4O/c1-3-4-5-12-11(16)10-13-15-8-6-14(2)7-9-15/h13H,3-10H2,1-2H3,(H,12,16). The normalized spacial score (nSPS) is 18.6. The van der Waals surface area contributed by atoms with E-state index in [1.807, 2.05) is 0 Å². The topological polar surface area (TPSA) is 47.6 Å². The number of carbonyl (C=O) groups excluding carboxylic acids is 1. The Morgan fingerprint density at radius 2 is 1.94 bits per heavy atom. The molecule has 0 radical (unpaired) electrons. The maximum Gasteiger partial charge on any atom is 0.235 e. The fraction of sp³-hybridized carbons (Fsp3) is 0.909. The number of piperazine rings is 1. The van der Waals surface area contributed by atoms with Gasteiger partial charge in [0.05, 0.1) is 6.54 Å². The third kappa shape index (κ3) is 5.44. The number of rotatable bonds is 6. The first-order chi connectivity index (χ1) is 7.72. The van der Waals surface area contributed by atoms with E-state index in [-0.39, 0.29) is 5.91 Å². The number of hydrogen-bond acceptors (Lipinski definition) is 4. The van der Waals surface area contributed by atoms with Crippen LogP contribution in [0.1, 0.15) is 19.8 Å². The minimum absolute atomic E-state index is 0.0902. The molecule has 0 aliphatic carbocycles. The van der Waals surface area contributed by atoms with Gasteiger partial charge in [0.15, 0.2) is 0 Å². The number of nitrogens with zero attached hydrogens (tertiary/aromatic N) is 2. The molecule has 1 fully saturated rings. The molecule has 16 heavy (non-hydrogen) atoms. The van der Waals surface area contributed by atoms with Gasteiger partial charge in [-0.15, -0.1) is 0 Å². The molecule has 1 aliphatic heterocycles. The maximum absolute atomic E-state index is 11.4. The molecular formula is C11H24N4O. The van der Waals surface area contributed by atoms with Crippen LogP contribution in [-0.4, -0.2) is 62.1 Å². The van der Waals surface area contributed by atoms with Crippen LogP contribution in [0.3, 0.4) is 0 Å². The molecule has 94 valence electrons. The van der Waals surface area contributed by atoms with Gasteiger partial charge in [-0.25, -0.2) is 10.4 Å². The fourth-order valence-electron chi connectivity index (χ4n) is 1.62. The largest absolute Gasteiger partial charge is 0.355 e. The summed E-state index contributed by atoms with van der Waals surface area (Å²) in [5, 5.41) is 5.02. The lowest BCUT2D eigenvalue weighted by Gasteiger charge is -2.32. The van der Waals surface area contributed by atoms with Crippen LogP contribution in [0.5, 0.6) is 0 Å². The predicted octanol–water partition coefficient (Wildman–Crippen LogP) is -0.345. The molecule has 1 aliphatic rings. The lowest BCUT2D eigenvalue weighted by molar-refractivity contribution is -0.121. The molecule has 0 unspecified atom stereocenters. The Labute approximate surface area is 98.1 Å². The van der Waals surface area contributed by atoms with Crippen LogP contribution in [0.4, 0.5) is 0 Å². The SMILES string of the molecule is CCCCNC(=O)CNN1CCN(C)CC1. The van der Waals surface area contributed by atoms with E-state index in [0.717, 1.165) is 45.6 Å². The first kappa shape index (κ1) is 13.4. The molecule has 0 aromatic carbocycles. The van der Waals surface area contributed by atoms with Gasteiger partial charge in [0.25, 0.3) is 0 Å². The Kier molecular flexibility index (Phi) is 6.37. The van der Waals surface area contributed by atoms with E-state index < -0.39 is 0 Å². The molecule has 0 bridgehead atoms. The molecular weight excluding hydrogens is 204 g/mol. The van der Waals surface area contributed by atoms with Gasteiger partial charge in [-0.3, -0.25) is 4.79 Å². The van der Waals surface area contributed by atoms with Gasteiger partial charge >= 0.3 is 0 Å². The van der Waals surface area contributed by atoms with Crippen LogP contribution < -0.4 is 10.7 Å². The summed E-state index contributed by atoms with van der Waals surface area (Å²) < 4.78 is 0. The Bertz CT molecular complexity index is 202. The van der Waals surface area contributed by atoms with Gasteiger partial charge in [0.2, 0.25) is 5.91 Å². The molecule has 1 amide bonds. The molecule has 1 heterocycles. The van der Waals surface area contributed by atoms with Gasteiger partial charge in [-0.1, -0.05) is 13.3 Å². The van der Waals surface area contributed by atoms with E-state index in [2.05, 4.69) is 34.6 Å². The van der Waals surface area contributed by atoms with Crippen molar-refractivity contribution >= 4 is 5.91 Å². The van der Waals surface area contributed by atoms with Gasteiger partial charge in [0.1, 0.15) is 0 Å². The smallest absolute Gasteiger partial charge is 0.235 e. The second-order valence-electron chi connectivity index (χ2n) is 4.33. The molecule has 1 saturated heterocycles. The zero-order chi connectivity index (χ0) is 11.8. The van der Waals surface area contributed by atoms with E-state index in [9.17, 15) is 4.79 Å².